The van der Waals surface area contributed by atoms with Crippen LogP contribution in [0.3, 0.4) is 0 Å². The molecule has 156 valence electrons. The summed E-state index contributed by atoms with van der Waals surface area (Å²) < 4.78 is 5.56. The van der Waals surface area contributed by atoms with E-state index in [4.69, 9.17) is 10.3 Å². The van der Waals surface area contributed by atoms with E-state index < -0.39 is 0 Å². The molecular formula is C23H23N7O. The van der Waals surface area contributed by atoms with Gasteiger partial charge < -0.3 is 15.6 Å². The average molecular weight is 413 g/mol. The van der Waals surface area contributed by atoms with E-state index in [2.05, 4.69) is 43.6 Å². The molecule has 2 aromatic heterocycles. The number of aromatic nitrogens is 2. The minimum Gasteiger partial charge on any atom is -0.464 e. The number of anilines is 1. The molecule has 0 aliphatic carbocycles. The van der Waals surface area contributed by atoms with E-state index in [1.807, 2.05) is 56.3 Å². The minimum absolute atomic E-state index is 0.00651. The van der Waals surface area contributed by atoms with E-state index in [9.17, 15) is 0 Å². The van der Waals surface area contributed by atoms with Crippen LogP contribution in [-0.2, 0) is 0 Å². The molecule has 0 radical (unpaired) electrons. The van der Waals surface area contributed by atoms with E-state index in [1.54, 1.807) is 6.26 Å². The summed E-state index contributed by atoms with van der Waals surface area (Å²) in [5.41, 5.74) is 5.67. The second-order valence-electron chi connectivity index (χ2n) is 7.25. The molecule has 8 nitrogen and oxygen atoms in total. The van der Waals surface area contributed by atoms with Crippen molar-refractivity contribution in [3.8, 4) is 11.3 Å². The van der Waals surface area contributed by atoms with Gasteiger partial charge in [0, 0.05) is 17.0 Å². The highest BCUT2D eigenvalue weighted by molar-refractivity contribution is 5.85. The Morgan fingerprint density at radius 3 is 2.81 bits per heavy atom. The van der Waals surface area contributed by atoms with Crippen LogP contribution in [0.1, 0.15) is 29.9 Å². The van der Waals surface area contributed by atoms with Crippen LogP contribution in [0.2, 0.25) is 0 Å². The van der Waals surface area contributed by atoms with Crippen molar-refractivity contribution < 1.29 is 4.42 Å². The molecule has 0 aliphatic rings. The Kier molecular flexibility index (Phi) is 5.70. The average Bonchev–Trinajstić information content (AvgIpc) is 3.14. The molecule has 2 aromatic carbocycles. The summed E-state index contributed by atoms with van der Waals surface area (Å²) in [5, 5.41) is 11.3. The fraction of sp³-hybridized carbons (Fsp3) is 0.174. The van der Waals surface area contributed by atoms with E-state index in [1.165, 1.54) is 6.34 Å². The highest BCUT2D eigenvalue weighted by Gasteiger charge is 2.11. The van der Waals surface area contributed by atoms with Crippen LogP contribution in [0.5, 0.6) is 0 Å². The third-order valence-corrected chi connectivity index (χ3v) is 4.96. The van der Waals surface area contributed by atoms with Gasteiger partial charge in [0.15, 0.2) is 0 Å². The van der Waals surface area contributed by atoms with Crippen molar-refractivity contribution in [3.63, 3.8) is 0 Å². The Labute approximate surface area is 179 Å². The van der Waals surface area contributed by atoms with Gasteiger partial charge in [-0.15, -0.1) is 5.11 Å². The van der Waals surface area contributed by atoms with Crippen LogP contribution in [0.15, 0.2) is 74.5 Å². The molecule has 4 aromatic rings. The highest BCUT2D eigenvalue weighted by atomic mass is 16.3. The predicted molar refractivity (Wildman–Crippen MR) is 122 cm³/mol. The number of nitrogens with one attached hydrogen (secondary N) is 1. The Morgan fingerprint density at radius 1 is 1.10 bits per heavy atom. The first-order chi connectivity index (χ1) is 15.0. The van der Waals surface area contributed by atoms with Crippen molar-refractivity contribution in [2.24, 2.45) is 21.2 Å². The molecule has 0 saturated carbocycles. The maximum atomic E-state index is 5.56. The monoisotopic (exact) mass is 413 g/mol. The second kappa shape index (κ2) is 8.74. The first-order valence-electron chi connectivity index (χ1n) is 9.86. The number of aliphatic imine (C=N–C) groups is 1. The maximum absolute atomic E-state index is 5.56. The van der Waals surface area contributed by atoms with Gasteiger partial charge in [0.2, 0.25) is 0 Å². The molecule has 3 N–H and O–H groups in total. The molecule has 4 rings (SSSR count). The molecule has 31 heavy (non-hydrogen) atoms. The van der Waals surface area contributed by atoms with Crippen LogP contribution >= 0.6 is 0 Å². The normalized spacial score (nSPS) is 12.7. The van der Waals surface area contributed by atoms with E-state index in [-0.39, 0.29) is 6.04 Å². The lowest BCUT2D eigenvalue weighted by Crippen LogP contribution is -2.09. The van der Waals surface area contributed by atoms with Gasteiger partial charge in [-0.3, -0.25) is 0 Å². The van der Waals surface area contributed by atoms with E-state index in [0.717, 1.165) is 44.9 Å². The second-order valence-corrected chi connectivity index (χ2v) is 7.25. The number of aryl methyl sites for hydroxylation is 2. The number of hydrogen-bond donors (Lipinski definition) is 2. The van der Waals surface area contributed by atoms with Gasteiger partial charge in [-0.05, 0) is 62.2 Å². The first kappa shape index (κ1) is 20.2. The fourth-order valence-electron chi connectivity index (χ4n) is 3.41. The minimum atomic E-state index is 0.00651. The van der Waals surface area contributed by atoms with Crippen molar-refractivity contribution in [3.05, 3.63) is 71.7 Å². The van der Waals surface area contributed by atoms with Gasteiger partial charge in [0.05, 0.1) is 23.7 Å². The SMILES string of the molecule is Cc1nc(NC(C)c2cccc(N=CN=NN)c2)cc(-c2ccc3occ(C)c3c2)n1. The van der Waals surface area contributed by atoms with Crippen molar-refractivity contribution >= 4 is 28.8 Å². The van der Waals surface area contributed by atoms with Crippen molar-refractivity contribution in [1.82, 2.24) is 9.97 Å². The number of nitrogens with zero attached hydrogens (tertiary/aromatic N) is 5. The molecule has 1 unspecified atom stereocenters. The molecule has 0 amide bonds. The van der Waals surface area contributed by atoms with Crippen LogP contribution in [0.4, 0.5) is 11.5 Å². The lowest BCUT2D eigenvalue weighted by Gasteiger charge is -2.16. The van der Waals surface area contributed by atoms with Gasteiger partial charge in [0.25, 0.3) is 0 Å². The Hall–Kier alpha value is -4.07. The maximum Gasteiger partial charge on any atom is 0.140 e. The topological polar surface area (TPSA) is 114 Å². The third kappa shape index (κ3) is 4.58. The highest BCUT2D eigenvalue weighted by Crippen LogP contribution is 2.29. The van der Waals surface area contributed by atoms with Gasteiger partial charge in [-0.1, -0.05) is 17.4 Å². The van der Waals surface area contributed by atoms with E-state index >= 15 is 0 Å². The summed E-state index contributed by atoms with van der Waals surface area (Å²) in [5.74, 6) is 6.44. The van der Waals surface area contributed by atoms with Gasteiger partial charge >= 0.3 is 0 Å². The summed E-state index contributed by atoms with van der Waals surface area (Å²) in [7, 11) is 0. The van der Waals surface area contributed by atoms with Crippen LogP contribution < -0.4 is 11.2 Å². The zero-order valence-corrected chi connectivity index (χ0v) is 17.6. The molecule has 0 saturated heterocycles. The standard InChI is InChI=1S/C23H23N7O/c1-14-12-31-22-8-7-18(10-20(14)22)21-11-23(29-16(3)28-21)27-15(2)17-5-4-6-19(9-17)25-13-26-30-24/h4-13,15H,1-3H3,(H2,24,25,26)(H,27,28,29). The molecular weight excluding hydrogens is 390 g/mol. The summed E-state index contributed by atoms with van der Waals surface area (Å²) in [6, 6.07) is 15.9. The summed E-state index contributed by atoms with van der Waals surface area (Å²) in [4.78, 5) is 13.4. The zero-order valence-electron chi connectivity index (χ0n) is 17.6. The third-order valence-electron chi connectivity index (χ3n) is 4.96. The largest absolute Gasteiger partial charge is 0.464 e. The number of rotatable bonds is 6. The van der Waals surface area contributed by atoms with E-state index in [0.29, 0.717) is 5.82 Å². The number of hydrogen-bond acceptors (Lipinski definition) is 6. The van der Waals surface area contributed by atoms with Crippen LogP contribution in [0, 0.1) is 13.8 Å². The van der Waals surface area contributed by atoms with Gasteiger partial charge in [-0.2, -0.15) is 0 Å². The Morgan fingerprint density at radius 2 is 1.97 bits per heavy atom. The molecule has 0 bridgehead atoms. The molecule has 1 atom stereocenters. The number of fused-ring (bicyclic) bond motifs is 1. The lowest BCUT2D eigenvalue weighted by atomic mass is 10.1. The molecule has 0 spiro atoms. The fourth-order valence-corrected chi connectivity index (χ4v) is 3.41. The van der Waals surface area contributed by atoms with Gasteiger partial charge in [0.1, 0.15) is 23.6 Å². The first-order valence-corrected chi connectivity index (χ1v) is 9.86. The number of nitrogens with two attached hydrogens (primary N) is 1. The lowest BCUT2D eigenvalue weighted by molar-refractivity contribution is 0.613. The number of furan rings is 1. The molecule has 0 fully saturated rings. The smallest absolute Gasteiger partial charge is 0.140 e. The molecule has 2 heterocycles. The van der Waals surface area contributed by atoms with Gasteiger partial charge in [-0.25, -0.2) is 15.0 Å². The Bertz CT molecular complexity index is 1280. The predicted octanol–water partition coefficient (Wildman–Crippen LogP) is 5.67. The summed E-state index contributed by atoms with van der Waals surface area (Å²) >= 11 is 0. The summed E-state index contributed by atoms with van der Waals surface area (Å²) in [6.45, 7) is 6.00. The summed E-state index contributed by atoms with van der Waals surface area (Å²) in [6.07, 6.45) is 3.08. The molecule has 0 aliphatic heterocycles. The Balaban J connectivity index is 1.60. The van der Waals surface area contributed by atoms with Crippen molar-refractivity contribution in [1.29, 1.82) is 0 Å². The van der Waals surface area contributed by atoms with Crippen LogP contribution in [0.25, 0.3) is 22.2 Å². The van der Waals surface area contributed by atoms with Crippen molar-refractivity contribution in [2.45, 2.75) is 26.8 Å². The van der Waals surface area contributed by atoms with Crippen LogP contribution in [-0.4, -0.2) is 16.3 Å². The zero-order chi connectivity index (χ0) is 21.8. The quantitative estimate of drug-likeness (QED) is 0.139. The molecule has 8 heteroatoms. The van der Waals surface area contributed by atoms with Crippen molar-refractivity contribution in [2.75, 3.05) is 5.32 Å². The number of benzene rings is 2.